The molecule has 0 aliphatic carbocycles. The van der Waals surface area contributed by atoms with Crippen molar-refractivity contribution < 1.29 is 0 Å². The van der Waals surface area contributed by atoms with Gasteiger partial charge in [0, 0.05) is 6.04 Å². The van der Waals surface area contributed by atoms with Crippen molar-refractivity contribution in [1.82, 2.24) is 5.32 Å². The maximum atomic E-state index is 3.63. The fourth-order valence-electron chi connectivity index (χ4n) is 1.78. The summed E-state index contributed by atoms with van der Waals surface area (Å²) in [4.78, 5) is 0. The SMILES string of the molecule is CCC(C)C(C)CNC(C)CC(C)C. The highest BCUT2D eigenvalue weighted by molar-refractivity contribution is 4.68. The van der Waals surface area contributed by atoms with E-state index in [0.29, 0.717) is 6.04 Å². The van der Waals surface area contributed by atoms with Gasteiger partial charge in [0.2, 0.25) is 0 Å². The lowest BCUT2D eigenvalue weighted by Gasteiger charge is -2.22. The van der Waals surface area contributed by atoms with E-state index < -0.39 is 0 Å². The monoisotopic (exact) mass is 199 g/mol. The molecule has 0 saturated heterocycles. The third-order valence-electron chi connectivity index (χ3n) is 3.23. The summed E-state index contributed by atoms with van der Waals surface area (Å²) in [7, 11) is 0. The minimum absolute atomic E-state index is 0.668. The maximum Gasteiger partial charge on any atom is 0.00412 e. The first-order valence-electron chi connectivity index (χ1n) is 6.20. The second-order valence-electron chi connectivity index (χ2n) is 5.30. The van der Waals surface area contributed by atoms with Crippen LogP contribution in [0.4, 0.5) is 0 Å². The molecule has 0 rings (SSSR count). The van der Waals surface area contributed by atoms with Crippen LogP contribution in [0.1, 0.15) is 54.4 Å². The molecule has 3 unspecified atom stereocenters. The van der Waals surface area contributed by atoms with Crippen molar-refractivity contribution in [1.29, 1.82) is 0 Å². The second-order valence-corrected chi connectivity index (χ2v) is 5.30. The molecule has 86 valence electrons. The number of hydrogen-bond acceptors (Lipinski definition) is 1. The van der Waals surface area contributed by atoms with E-state index in [1.54, 1.807) is 0 Å². The summed E-state index contributed by atoms with van der Waals surface area (Å²) in [5, 5.41) is 3.63. The van der Waals surface area contributed by atoms with Crippen LogP contribution in [0, 0.1) is 17.8 Å². The van der Waals surface area contributed by atoms with Crippen molar-refractivity contribution in [3.8, 4) is 0 Å². The van der Waals surface area contributed by atoms with Crippen LogP contribution in [-0.4, -0.2) is 12.6 Å². The van der Waals surface area contributed by atoms with E-state index in [4.69, 9.17) is 0 Å². The largest absolute Gasteiger partial charge is 0.314 e. The van der Waals surface area contributed by atoms with Crippen LogP contribution >= 0.6 is 0 Å². The second kappa shape index (κ2) is 7.28. The van der Waals surface area contributed by atoms with Crippen molar-refractivity contribution in [2.75, 3.05) is 6.54 Å². The van der Waals surface area contributed by atoms with Crippen LogP contribution in [0.3, 0.4) is 0 Å². The van der Waals surface area contributed by atoms with E-state index >= 15 is 0 Å². The summed E-state index contributed by atoms with van der Waals surface area (Å²) >= 11 is 0. The minimum atomic E-state index is 0.668. The summed E-state index contributed by atoms with van der Waals surface area (Å²) < 4.78 is 0. The molecule has 0 aromatic heterocycles. The molecule has 0 aromatic rings. The van der Waals surface area contributed by atoms with Gasteiger partial charge in [-0.05, 0) is 37.6 Å². The minimum Gasteiger partial charge on any atom is -0.314 e. The van der Waals surface area contributed by atoms with Gasteiger partial charge < -0.3 is 5.32 Å². The lowest BCUT2D eigenvalue weighted by Crippen LogP contribution is -2.33. The van der Waals surface area contributed by atoms with Crippen molar-refractivity contribution in [2.45, 2.75) is 60.4 Å². The highest BCUT2D eigenvalue weighted by Gasteiger charge is 2.11. The first-order valence-corrected chi connectivity index (χ1v) is 6.20. The van der Waals surface area contributed by atoms with Gasteiger partial charge in [0.05, 0.1) is 0 Å². The average Bonchev–Trinajstić information content (AvgIpc) is 2.11. The molecule has 0 bridgehead atoms. The third kappa shape index (κ3) is 6.42. The summed E-state index contributed by atoms with van der Waals surface area (Å²) in [6.07, 6.45) is 2.58. The van der Waals surface area contributed by atoms with Gasteiger partial charge in [0.25, 0.3) is 0 Å². The van der Waals surface area contributed by atoms with E-state index in [2.05, 4.69) is 46.9 Å². The Hall–Kier alpha value is -0.0400. The molecule has 0 aliphatic heterocycles. The van der Waals surface area contributed by atoms with E-state index in [1.165, 1.54) is 19.4 Å². The topological polar surface area (TPSA) is 12.0 Å². The smallest absolute Gasteiger partial charge is 0.00412 e. The molecule has 1 heteroatoms. The van der Waals surface area contributed by atoms with Crippen LogP contribution in [0.5, 0.6) is 0 Å². The Labute approximate surface area is 90.7 Å². The highest BCUT2D eigenvalue weighted by atomic mass is 14.9. The van der Waals surface area contributed by atoms with E-state index in [0.717, 1.165) is 17.8 Å². The number of hydrogen-bond donors (Lipinski definition) is 1. The van der Waals surface area contributed by atoms with Gasteiger partial charge in [0.15, 0.2) is 0 Å². The van der Waals surface area contributed by atoms with Crippen LogP contribution in [0.15, 0.2) is 0 Å². The van der Waals surface area contributed by atoms with Gasteiger partial charge in [-0.1, -0.05) is 41.0 Å². The third-order valence-corrected chi connectivity index (χ3v) is 3.23. The van der Waals surface area contributed by atoms with Crippen molar-refractivity contribution >= 4 is 0 Å². The summed E-state index contributed by atoms with van der Waals surface area (Å²) in [5.74, 6) is 2.44. The molecule has 0 spiro atoms. The van der Waals surface area contributed by atoms with Gasteiger partial charge in [0.1, 0.15) is 0 Å². The molecule has 1 N–H and O–H groups in total. The predicted molar refractivity (Wildman–Crippen MR) is 65.5 cm³/mol. The zero-order chi connectivity index (χ0) is 11.1. The average molecular weight is 199 g/mol. The van der Waals surface area contributed by atoms with Crippen LogP contribution in [0.2, 0.25) is 0 Å². The Bertz CT molecular complexity index is 131. The Balaban J connectivity index is 3.60. The Morgan fingerprint density at radius 3 is 1.93 bits per heavy atom. The molecule has 0 amide bonds. The van der Waals surface area contributed by atoms with Crippen LogP contribution in [0.25, 0.3) is 0 Å². The Morgan fingerprint density at radius 2 is 1.50 bits per heavy atom. The molecule has 0 radical (unpaired) electrons. The summed E-state index contributed by atoms with van der Waals surface area (Å²) in [5.41, 5.74) is 0. The molecular formula is C13H29N. The van der Waals surface area contributed by atoms with Gasteiger partial charge in [-0.15, -0.1) is 0 Å². The fourth-order valence-corrected chi connectivity index (χ4v) is 1.78. The van der Waals surface area contributed by atoms with Crippen molar-refractivity contribution in [2.24, 2.45) is 17.8 Å². The van der Waals surface area contributed by atoms with Gasteiger partial charge >= 0.3 is 0 Å². The highest BCUT2D eigenvalue weighted by Crippen LogP contribution is 2.14. The first-order chi connectivity index (χ1) is 6.47. The zero-order valence-corrected chi connectivity index (χ0v) is 10.9. The standard InChI is InChI=1S/C13H29N/c1-7-11(4)12(5)9-14-13(6)8-10(2)3/h10-14H,7-9H2,1-6H3. The Kier molecular flexibility index (Phi) is 7.26. The zero-order valence-electron chi connectivity index (χ0n) is 10.9. The van der Waals surface area contributed by atoms with Crippen LogP contribution < -0.4 is 5.32 Å². The summed E-state index contributed by atoms with van der Waals surface area (Å²) in [6, 6.07) is 0.668. The molecule has 0 fully saturated rings. The molecule has 0 heterocycles. The molecule has 3 atom stereocenters. The van der Waals surface area contributed by atoms with Gasteiger partial charge in [-0.25, -0.2) is 0 Å². The normalized spacial score (nSPS) is 18.2. The quantitative estimate of drug-likeness (QED) is 0.659. The molecular weight excluding hydrogens is 170 g/mol. The van der Waals surface area contributed by atoms with Gasteiger partial charge in [-0.2, -0.15) is 0 Å². The molecule has 0 aliphatic rings. The van der Waals surface area contributed by atoms with E-state index in [-0.39, 0.29) is 0 Å². The molecule has 0 saturated carbocycles. The molecule has 0 aromatic carbocycles. The summed E-state index contributed by atoms with van der Waals surface area (Å²) in [6.45, 7) is 15.0. The van der Waals surface area contributed by atoms with Gasteiger partial charge in [-0.3, -0.25) is 0 Å². The lowest BCUT2D eigenvalue weighted by molar-refractivity contribution is 0.330. The predicted octanol–water partition coefficient (Wildman–Crippen LogP) is 3.69. The Morgan fingerprint density at radius 1 is 0.929 bits per heavy atom. The van der Waals surface area contributed by atoms with Crippen LogP contribution in [-0.2, 0) is 0 Å². The first kappa shape index (κ1) is 14.0. The maximum absolute atomic E-state index is 3.63. The molecule has 14 heavy (non-hydrogen) atoms. The number of nitrogens with one attached hydrogen (secondary N) is 1. The van der Waals surface area contributed by atoms with Crippen molar-refractivity contribution in [3.63, 3.8) is 0 Å². The van der Waals surface area contributed by atoms with E-state index in [9.17, 15) is 0 Å². The van der Waals surface area contributed by atoms with E-state index in [1.807, 2.05) is 0 Å². The molecule has 1 nitrogen and oxygen atoms in total. The fraction of sp³-hybridized carbons (Fsp3) is 1.00. The number of rotatable bonds is 7. The van der Waals surface area contributed by atoms with Crippen molar-refractivity contribution in [3.05, 3.63) is 0 Å². The lowest BCUT2D eigenvalue weighted by atomic mass is 9.93.